The molecule has 0 aromatic rings. The standard InChI is InChI=1S/C11H21NO/c1-13-8-7-11(5-6-11)9-12-10-3-2-4-10/h10,12H,2-9H2,1H3. The molecule has 0 amide bonds. The number of nitrogens with one attached hydrogen (secondary N) is 1. The topological polar surface area (TPSA) is 21.3 Å². The first-order valence-electron chi connectivity index (χ1n) is 5.57. The van der Waals surface area contributed by atoms with E-state index in [4.69, 9.17) is 4.74 Å². The Hall–Kier alpha value is -0.0800. The van der Waals surface area contributed by atoms with Gasteiger partial charge >= 0.3 is 0 Å². The molecule has 2 aliphatic rings. The molecule has 0 atom stereocenters. The van der Waals surface area contributed by atoms with Crippen LogP contribution < -0.4 is 5.32 Å². The second-order valence-electron chi connectivity index (χ2n) is 4.75. The van der Waals surface area contributed by atoms with Gasteiger partial charge in [0.15, 0.2) is 0 Å². The Morgan fingerprint density at radius 3 is 2.62 bits per heavy atom. The van der Waals surface area contributed by atoms with Gasteiger partial charge in [0.05, 0.1) is 0 Å². The van der Waals surface area contributed by atoms with E-state index < -0.39 is 0 Å². The maximum Gasteiger partial charge on any atom is 0.0468 e. The zero-order chi connectivity index (χ0) is 9.15. The van der Waals surface area contributed by atoms with E-state index >= 15 is 0 Å². The molecule has 0 radical (unpaired) electrons. The van der Waals surface area contributed by atoms with E-state index in [1.165, 1.54) is 45.1 Å². The molecule has 0 saturated heterocycles. The molecule has 0 bridgehead atoms. The minimum absolute atomic E-state index is 0.631. The summed E-state index contributed by atoms with van der Waals surface area (Å²) in [7, 11) is 1.80. The van der Waals surface area contributed by atoms with Crippen molar-refractivity contribution in [2.75, 3.05) is 20.3 Å². The van der Waals surface area contributed by atoms with Crippen LogP contribution >= 0.6 is 0 Å². The van der Waals surface area contributed by atoms with Crippen molar-refractivity contribution >= 4 is 0 Å². The largest absolute Gasteiger partial charge is 0.385 e. The Labute approximate surface area is 81.0 Å². The van der Waals surface area contributed by atoms with E-state index in [0.29, 0.717) is 5.41 Å². The van der Waals surface area contributed by atoms with Crippen LogP contribution in [0.5, 0.6) is 0 Å². The number of methoxy groups -OCH3 is 1. The summed E-state index contributed by atoms with van der Waals surface area (Å²) >= 11 is 0. The van der Waals surface area contributed by atoms with E-state index in [-0.39, 0.29) is 0 Å². The monoisotopic (exact) mass is 183 g/mol. The molecule has 0 spiro atoms. The first-order valence-corrected chi connectivity index (χ1v) is 5.57. The van der Waals surface area contributed by atoms with E-state index in [1.807, 2.05) is 0 Å². The quantitative estimate of drug-likeness (QED) is 0.679. The number of rotatable bonds is 6. The van der Waals surface area contributed by atoms with Gasteiger partial charge in [0.1, 0.15) is 0 Å². The lowest BCUT2D eigenvalue weighted by molar-refractivity contribution is 0.168. The van der Waals surface area contributed by atoms with Crippen molar-refractivity contribution < 1.29 is 4.74 Å². The van der Waals surface area contributed by atoms with Gasteiger partial charge in [-0.2, -0.15) is 0 Å². The van der Waals surface area contributed by atoms with E-state index in [1.54, 1.807) is 7.11 Å². The predicted molar refractivity (Wildman–Crippen MR) is 53.8 cm³/mol. The highest BCUT2D eigenvalue weighted by Gasteiger charge is 2.42. The smallest absolute Gasteiger partial charge is 0.0468 e. The van der Waals surface area contributed by atoms with E-state index in [9.17, 15) is 0 Å². The molecule has 2 heteroatoms. The highest BCUT2D eigenvalue weighted by molar-refractivity contribution is 4.96. The maximum atomic E-state index is 5.14. The van der Waals surface area contributed by atoms with Crippen molar-refractivity contribution in [3.63, 3.8) is 0 Å². The van der Waals surface area contributed by atoms with Crippen LogP contribution in [0.4, 0.5) is 0 Å². The van der Waals surface area contributed by atoms with Crippen molar-refractivity contribution in [3.05, 3.63) is 0 Å². The van der Waals surface area contributed by atoms with Crippen LogP contribution in [0.15, 0.2) is 0 Å². The van der Waals surface area contributed by atoms with Crippen LogP contribution in [0.1, 0.15) is 38.5 Å². The summed E-state index contributed by atoms with van der Waals surface area (Å²) in [5.41, 5.74) is 0.631. The van der Waals surface area contributed by atoms with Crippen LogP contribution in [-0.4, -0.2) is 26.3 Å². The summed E-state index contributed by atoms with van der Waals surface area (Å²) in [6, 6.07) is 0.847. The lowest BCUT2D eigenvalue weighted by atomic mass is 9.92. The molecule has 2 saturated carbocycles. The molecule has 2 aliphatic carbocycles. The number of hydrogen-bond acceptors (Lipinski definition) is 2. The summed E-state index contributed by atoms with van der Waals surface area (Å²) in [6.45, 7) is 2.17. The molecule has 0 heterocycles. The summed E-state index contributed by atoms with van der Waals surface area (Å²) in [6.07, 6.45) is 8.32. The Balaban J connectivity index is 1.61. The minimum atomic E-state index is 0.631. The fourth-order valence-electron chi connectivity index (χ4n) is 1.98. The summed E-state index contributed by atoms with van der Waals surface area (Å²) in [4.78, 5) is 0. The van der Waals surface area contributed by atoms with Gasteiger partial charge in [0.25, 0.3) is 0 Å². The zero-order valence-corrected chi connectivity index (χ0v) is 8.64. The van der Waals surface area contributed by atoms with Gasteiger partial charge in [0.2, 0.25) is 0 Å². The Kier molecular flexibility index (Phi) is 2.89. The average molecular weight is 183 g/mol. The highest BCUT2D eigenvalue weighted by atomic mass is 16.5. The van der Waals surface area contributed by atoms with Gasteiger partial charge in [-0.05, 0) is 37.5 Å². The van der Waals surface area contributed by atoms with Crippen molar-refractivity contribution in [1.29, 1.82) is 0 Å². The number of ether oxygens (including phenoxy) is 1. The molecule has 0 unspecified atom stereocenters. The molecule has 0 aromatic heterocycles. The first-order chi connectivity index (χ1) is 6.35. The molecule has 2 fully saturated rings. The van der Waals surface area contributed by atoms with Gasteiger partial charge in [-0.25, -0.2) is 0 Å². The van der Waals surface area contributed by atoms with Crippen LogP contribution in [0.25, 0.3) is 0 Å². The molecular formula is C11H21NO. The molecule has 0 aliphatic heterocycles. The predicted octanol–water partition coefficient (Wildman–Crippen LogP) is 1.95. The van der Waals surface area contributed by atoms with E-state index in [0.717, 1.165) is 12.6 Å². The lowest BCUT2D eigenvalue weighted by Gasteiger charge is -2.29. The van der Waals surface area contributed by atoms with Crippen LogP contribution in [-0.2, 0) is 4.74 Å². The third-order valence-corrected chi connectivity index (χ3v) is 3.66. The fourth-order valence-corrected chi connectivity index (χ4v) is 1.98. The van der Waals surface area contributed by atoms with Crippen LogP contribution in [0.2, 0.25) is 0 Å². The first kappa shape index (κ1) is 9.47. The molecule has 13 heavy (non-hydrogen) atoms. The molecular weight excluding hydrogens is 162 g/mol. The van der Waals surface area contributed by atoms with Crippen molar-refractivity contribution in [2.45, 2.75) is 44.6 Å². The Morgan fingerprint density at radius 1 is 1.38 bits per heavy atom. The van der Waals surface area contributed by atoms with Gasteiger partial charge in [-0.1, -0.05) is 6.42 Å². The zero-order valence-electron chi connectivity index (χ0n) is 8.64. The van der Waals surface area contributed by atoms with Gasteiger partial charge in [-0.15, -0.1) is 0 Å². The van der Waals surface area contributed by atoms with Gasteiger partial charge in [-0.3, -0.25) is 0 Å². The third kappa shape index (κ3) is 2.44. The number of hydrogen-bond donors (Lipinski definition) is 1. The summed E-state index contributed by atoms with van der Waals surface area (Å²) in [5.74, 6) is 0. The van der Waals surface area contributed by atoms with Crippen molar-refractivity contribution in [1.82, 2.24) is 5.32 Å². The normalized spacial score (nSPS) is 25.6. The second kappa shape index (κ2) is 3.97. The van der Waals surface area contributed by atoms with Crippen LogP contribution in [0.3, 0.4) is 0 Å². The van der Waals surface area contributed by atoms with Gasteiger partial charge in [0, 0.05) is 26.3 Å². The Bertz CT molecular complexity index is 161. The highest BCUT2D eigenvalue weighted by Crippen LogP contribution is 2.48. The molecule has 2 nitrogen and oxygen atoms in total. The summed E-state index contributed by atoms with van der Waals surface area (Å²) < 4.78 is 5.14. The van der Waals surface area contributed by atoms with Crippen molar-refractivity contribution in [3.8, 4) is 0 Å². The third-order valence-electron chi connectivity index (χ3n) is 3.66. The fraction of sp³-hybridized carbons (Fsp3) is 1.00. The molecule has 0 aromatic carbocycles. The minimum Gasteiger partial charge on any atom is -0.385 e. The SMILES string of the molecule is COCCC1(CNC2CCC2)CC1. The lowest BCUT2D eigenvalue weighted by Crippen LogP contribution is -2.39. The van der Waals surface area contributed by atoms with Crippen LogP contribution in [0, 0.1) is 5.41 Å². The van der Waals surface area contributed by atoms with E-state index in [2.05, 4.69) is 5.32 Å². The second-order valence-corrected chi connectivity index (χ2v) is 4.75. The molecule has 1 N–H and O–H groups in total. The summed E-state index contributed by atoms with van der Waals surface area (Å²) in [5, 5.41) is 3.68. The molecule has 76 valence electrons. The average Bonchev–Trinajstić information content (AvgIpc) is 2.80. The molecule has 2 rings (SSSR count). The maximum absolute atomic E-state index is 5.14. The Morgan fingerprint density at radius 2 is 2.15 bits per heavy atom. The van der Waals surface area contributed by atoms with Gasteiger partial charge < -0.3 is 10.1 Å². The van der Waals surface area contributed by atoms with Crippen molar-refractivity contribution in [2.24, 2.45) is 5.41 Å².